The van der Waals surface area contributed by atoms with Crippen molar-refractivity contribution >= 4 is 28.5 Å². The van der Waals surface area contributed by atoms with Crippen LogP contribution in [0.5, 0.6) is 5.88 Å². The van der Waals surface area contributed by atoms with Gasteiger partial charge in [0.05, 0.1) is 22.5 Å². The van der Waals surface area contributed by atoms with Gasteiger partial charge in [0.15, 0.2) is 5.88 Å². The molecule has 1 fully saturated rings. The first kappa shape index (κ1) is 19.4. The summed E-state index contributed by atoms with van der Waals surface area (Å²) in [5.41, 5.74) is 1.75. The highest BCUT2D eigenvalue weighted by Gasteiger charge is 2.21. The number of fused-ring (bicyclic) bond motifs is 1. The number of halogens is 2. The number of aromatic amines is 1. The molecule has 1 aliphatic rings. The largest absolute Gasteiger partial charge is 0.494 e. The van der Waals surface area contributed by atoms with E-state index in [1.54, 1.807) is 24.3 Å². The highest BCUT2D eigenvalue weighted by atomic mass is 19.1. The average Bonchev–Trinajstić information content (AvgIpc) is 3.04. The Balaban J connectivity index is 1.53. The van der Waals surface area contributed by atoms with Crippen LogP contribution in [0.1, 0.15) is 38.2 Å². The normalized spacial score (nSPS) is 15.6. The SMILES string of the molecule is CCCC1CCN(c2ccc(N=Cc3c(O)[nH]c4cccc(F)c34)cc2F)CC1. The molecule has 4 nitrogen and oxygen atoms in total. The molecule has 0 bridgehead atoms. The molecule has 2 aromatic carbocycles. The lowest BCUT2D eigenvalue weighted by atomic mass is 9.92. The number of aliphatic imine (C=N–C) groups is 1. The first-order valence-electron chi connectivity index (χ1n) is 10.1. The summed E-state index contributed by atoms with van der Waals surface area (Å²) in [4.78, 5) is 9.07. The van der Waals surface area contributed by atoms with Gasteiger partial charge in [-0.15, -0.1) is 0 Å². The maximum absolute atomic E-state index is 14.7. The molecule has 0 spiro atoms. The molecule has 2 heterocycles. The van der Waals surface area contributed by atoms with Gasteiger partial charge in [-0.3, -0.25) is 4.99 Å². The molecule has 0 aliphatic carbocycles. The summed E-state index contributed by atoms with van der Waals surface area (Å²) in [6.45, 7) is 3.94. The standard InChI is InChI=1S/C23H25F2N3O/c1-2-4-15-9-11-28(12-10-15)21-8-7-16(13-19(21)25)26-14-17-22-18(24)5-3-6-20(22)27-23(17)29/h3,5-8,13-15,27,29H,2,4,9-12H2,1H3. The summed E-state index contributed by atoms with van der Waals surface area (Å²) in [7, 11) is 0. The van der Waals surface area contributed by atoms with Gasteiger partial charge in [0.1, 0.15) is 11.6 Å². The molecular weight excluding hydrogens is 372 g/mol. The van der Waals surface area contributed by atoms with Crippen molar-refractivity contribution in [2.45, 2.75) is 32.6 Å². The molecule has 152 valence electrons. The average molecular weight is 397 g/mol. The highest BCUT2D eigenvalue weighted by Crippen LogP contribution is 2.31. The summed E-state index contributed by atoms with van der Waals surface area (Å²) in [5, 5.41) is 10.3. The molecule has 4 rings (SSSR count). The lowest BCUT2D eigenvalue weighted by Gasteiger charge is -2.33. The summed E-state index contributed by atoms with van der Waals surface area (Å²) in [6, 6.07) is 9.44. The van der Waals surface area contributed by atoms with Crippen LogP contribution in [-0.2, 0) is 0 Å². The summed E-state index contributed by atoms with van der Waals surface area (Å²) in [6.07, 6.45) is 5.99. The number of nitrogens with zero attached hydrogens (tertiary/aromatic N) is 2. The molecule has 0 saturated carbocycles. The molecule has 1 aliphatic heterocycles. The zero-order valence-corrected chi connectivity index (χ0v) is 16.5. The van der Waals surface area contributed by atoms with E-state index in [1.807, 2.05) is 0 Å². The Morgan fingerprint density at radius 3 is 2.69 bits per heavy atom. The third-order valence-electron chi connectivity index (χ3n) is 5.72. The zero-order chi connectivity index (χ0) is 20.4. The van der Waals surface area contributed by atoms with Crippen molar-refractivity contribution in [3.05, 3.63) is 53.6 Å². The second kappa shape index (κ2) is 8.23. The number of nitrogens with one attached hydrogen (secondary N) is 1. The molecule has 2 N–H and O–H groups in total. The van der Waals surface area contributed by atoms with E-state index in [2.05, 4.69) is 21.8 Å². The van der Waals surface area contributed by atoms with Crippen LogP contribution < -0.4 is 4.90 Å². The van der Waals surface area contributed by atoms with Crippen LogP contribution in [0.4, 0.5) is 20.2 Å². The van der Waals surface area contributed by atoms with Crippen molar-refractivity contribution < 1.29 is 13.9 Å². The number of hydrogen-bond donors (Lipinski definition) is 2. The van der Waals surface area contributed by atoms with Crippen molar-refractivity contribution in [3.63, 3.8) is 0 Å². The van der Waals surface area contributed by atoms with Crippen molar-refractivity contribution in [2.75, 3.05) is 18.0 Å². The fourth-order valence-electron chi connectivity index (χ4n) is 4.18. The fraction of sp³-hybridized carbons (Fsp3) is 0.348. The van der Waals surface area contributed by atoms with E-state index in [0.717, 1.165) is 31.8 Å². The predicted octanol–water partition coefficient (Wildman–Crippen LogP) is 5.92. The number of aromatic nitrogens is 1. The van der Waals surface area contributed by atoms with E-state index in [9.17, 15) is 13.9 Å². The summed E-state index contributed by atoms with van der Waals surface area (Å²) < 4.78 is 28.8. The Hall–Kier alpha value is -2.89. The molecule has 0 atom stereocenters. The summed E-state index contributed by atoms with van der Waals surface area (Å²) in [5.74, 6) is -0.190. The first-order valence-corrected chi connectivity index (χ1v) is 10.1. The number of anilines is 1. The van der Waals surface area contributed by atoms with E-state index in [0.29, 0.717) is 16.9 Å². The topological polar surface area (TPSA) is 51.6 Å². The minimum Gasteiger partial charge on any atom is -0.494 e. The van der Waals surface area contributed by atoms with Gasteiger partial charge in [-0.25, -0.2) is 8.78 Å². The zero-order valence-electron chi connectivity index (χ0n) is 16.5. The number of hydrogen-bond acceptors (Lipinski definition) is 3. The van der Waals surface area contributed by atoms with Crippen molar-refractivity contribution in [3.8, 4) is 5.88 Å². The molecule has 0 amide bonds. The van der Waals surface area contributed by atoms with Gasteiger partial charge in [-0.05, 0) is 43.0 Å². The smallest absolute Gasteiger partial charge is 0.198 e. The molecular formula is C23H25F2N3O. The van der Waals surface area contributed by atoms with Crippen molar-refractivity contribution in [2.24, 2.45) is 10.9 Å². The third kappa shape index (κ3) is 3.97. The van der Waals surface area contributed by atoms with Crippen LogP contribution in [0.2, 0.25) is 0 Å². The van der Waals surface area contributed by atoms with Gasteiger partial charge in [0, 0.05) is 30.8 Å². The highest BCUT2D eigenvalue weighted by molar-refractivity contribution is 6.02. The molecule has 0 unspecified atom stereocenters. The fourth-order valence-corrected chi connectivity index (χ4v) is 4.18. The molecule has 1 saturated heterocycles. The lowest BCUT2D eigenvalue weighted by molar-refractivity contribution is 0.376. The number of rotatable bonds is 5. The molecule has 0 radical (unpaired) electrons. The van der Waals surface area contributed by atoms with Crippen molar-refractivity contribution in [1.82, 2.24) is 4.98 Å². The van der Waals surface area contributed by atoms with Gasteiger partial charge in [-0.1, -0.05) is 25.8 Å². The van der Waals surface area contributed by atoms with E-state index >= 15 is 0 Å². The summed E-state index contributed by atoms with van der Waals surface area (Å²) >= 11 is 0. The van der Waals surface area contributed by atoms with Crippen LogP contribution in [0.15, 0.2) is 41.4 Å². The Morgan fingerprint density at radius 1 is 1.17 bits per heavy atom. The van der Waals surface area contributed by atoms with E-state index in [-0.39, 0.29) is 22.6 Å². The van der Waals surface area contributed by atoms with E-state index in [1.165, 1.54) is 31.2 Å². The van der Waals surface area contributed by atoms with E-state index in [4.69, 9.17) is 0 Å². The van der Waals surface area contributed by atoms with Gasteiger partial charge < -0.3 is 15.0 Å². The maximum atomic E-state index is 14.7. The number of aromatic hydroxyl groups is 1. The number of benzene rings is 2. The minimum atomic E-state index is -0.450. The van der Waals surface area contributed by atoms with Crippen molar-refractivity contribution in [1.29, 1.82) is 0 Å². The Labute approximate surface area is 168 Å². The van der Waals surface area contributed by atoms with Crippen LogP contribution in [0.25, 0.3) is 10.9 Å². The quantitative estimate of drug-likeness (QED) is 0.525. The molecule has 1 aromatic heterocycles. The monoisotopic (exact) mass is 397 g/mol. The van der Waals surface area contributed by atoms with Crippen LogP contribution in [0, 0.1) is 17.6 Å². The lowest BCUT2D eigenvalue weighted by Crippen LogP contribution is -2.34. The number of H-pyrrole nitrogens is 1. The van der Waals surface area contributed by atoms with Gasteiger partial charge in [-0.2, -0.15) is 0 Å². The Bertz CT molecular complexity index is 1040. The Kier molecular flexibility index (Phi) is 5.51. The molecule has 6 heteroatoms. The first-order chi connectivity index (χ1) is 14.1. The van der Waals surface area contributed by atoms with Gasteiger partial charge in [0.2, 0.25) is 0 Å². The molecule has 29 heavy (non-hydrogen) atoms. The second-order valence-electron chi connectivity index (χ2n) is 7.66. The van der Waals surface area contributed by atoms with Crippen LogP contribution in [0.3, 0.4) is 0 Å². The van der Waals surface area contributed by atoms with E-state index < -0.39 is 5.82 Å². The maximum Gasteiger partial charge on any atom is 0.198 e. The van der Waals surface area contributed by atoms with Crippen LogP contribution in [-0.4, -0.2) is 29.4 Å². The Morgan fingerprint density at radius 2 is 1.97 bits per heavy atom. The molecule has 3 aromatic rings. The van der Waals surface area contributed by atoms with Gasteiger partial charge in [0.25, 0.3) is 0 Å². The second-order valence-corrected chi connectivity index (χ2v) is 7.66. The van der Waals surface area contributed by atoms with Gasteiger partial charge >= 0.3 is 0 Å². The minimum absolute atomic E-state index is 0.166. The van der Waals surface area contributed by atoms with Crippen LogP contribution >= 0.6 is 0 Å². The third-order valence-corrected chi connectivity index (χ3v) is 5.72. The number of piperidine rings is 1. The predicted molar refractivity (Wildman–Crippen MR) is 113 cm³/mol.